The number of carbonyl (C=O) groups is 1. The van der Waals surface area contributed by atoms with Gasteiger partial charge >= 0.3 is 0 Å². The van der Waals surface area contributed by atoms with Gasteiger partial charge < -0.3 is 19.4 Å². The summed E-state index contributed by atoms with van der Waals surface area (Å²) in [5.74, 6) is -0.287. The molecule has 0 saturated carbocycles. The number of H-pyrrole nitrogens is 1. The molecule has 2 atom stereocenters. The molecule has 3 heterocycles. The van der Waals surface area contributed by atoms with E-state index in [4.69, 9.17) is 9.47 Å². The molecule has 0 radical (unpaired) electrons. The van der Waals surface area contributed by atoms with Gasteiger partial charge in [-0.05, 0) is 55.7 Å². The lowest BCUT2D eigenvalue weighted by Gasteiger charge is -2.39. The number of aromatic nitrogens is 1. The minimum Gasteiger partial charge on any atom is -0.488 e. The number of rotatable bonds is 3. The second-order valence-electron chi connectivity index (χ2n) is 8.54. The van der Waals surface area contributed by atoms with Gasteiger partial charge in [-0.3, -0.25) is 4.79 Å². The molecular formula is C24H24F2N2O3. The maximum atomic E-state index is 13.6. The van der Waals surface area contributed by atoms with Crippen LogP contribution in [0.4, 0.5) is 8.78 Å². The first kappa shape index (κ1) is 20.0. The van der Waals surface area contributed by atoms with E-state index in [0.717, 1.165) is 29.3 Å². The molecule has 162 valence electrons. The zero-order valence-corrected chi connectivity index (χ0v) is 17.3. The van der Waals surface area contributed by atoms with Crippen molar-refractivity contribution in [2.24, 2.45) is 0 Å². The number of fused-ring (bicyclic) bond motifs is 1. The van der Waals surface area contributed by atoms with Gasteiger partial charge in [0.05, 0.1) is 18.8 Å². The molecule has 1 spiro atoms. The van der Waals surface area contributed by atoms with E-state index >= 15 is 0 Å². The zero-order chi connectivity index (χ0) is 21.6. The topological polar surface area (TPSA) is 54.6 Å². The van der Waals surface area contributed by atoms with E-state index in [-0.39, 0.29) is 23.6 Å². The Hall–Kier alpha value is -2.93. The van der Waals surface area contributed by atoms with Crippen molar-refractivity contribution in [2.75, 3.05) is 19.7 Å². The summed E-state index contributed by atoms with van der Waals surface area (Å²) in [4.78, 5) is 18.3. The van der Waals surface area contributed by atoms with Gasteiger partial charge in [0, 0.05) is 29.9 Å². The molecule has 1 N–H and O–H groups in total. The predicted octanol–water partition coefficient (Wildman–Crippen LogP) is 4.60. The Morgan fingerprint density at radius 3 is 2.90 bits per heavy atom. The third-order valence-electron chi connectivity index (χ3n) is 6.33. The molecule has 31 heavy (non-hydrogen) atoms. The van der Waals surface area contributed by atoms with E-state index in [1.54, 1.807) is 18.2 Å². The van der Waals surface area contributed by atoms with Crippen LogP contribution in [0.3, 0.4) is 0 Å². The Morgan fingerprint density at radius 2 is 2.06 bits per heavy atom. The number of aryl methyl sites for hydroxylation is 1. The van der Waals surface area contributed by atoms with Crippen LogP contribution in [0.1, 0.15) is 35.3 Å². The van der Waals surface area contributed by atoms with Crippen molar-refractivity contribution in [1.82, 2.24) is 9.88 Å². The van der Waals surface area contributed by atoms with Crippen molar-refractivity contribution in [3.8, 4) is 5.75 Å². The van der Waals surface area contributed by atoms with E-state index in [1.165, 1.54) is 24.3 Å². The normalized spacial score (nSPS) is 23.6. The Balaban J connectivity index is 1.31. The summed E-state index contributed by atoms with van der Waals surface area (Å²) in [6.45, 7) is 3.35. The number of halogens is 2. The fourth-order valence-corrected chi connectivity index (χ4v) is 4.84. The lowest BCUT2D eigenvalue weighted by Crippen LogP contribution is -2.50. The lowest BCUT2D eigenvalue weighted by molar-refractivity contribution is -0.0454. The van der Waals surface area contributed by atoms with Crippen molar-refractivity contribution < 1.29 is 23.0 Å². The maximum Gasteiger partial charge on any atom is 0.270 e. The third kappa shape index (κ3) is 3.78. The van der Waals surface area contributed by atoms with E-state index in [9.17, 15) is 13.6 Å². The highest BCUT2D eigenvalue weighted by atomic mass is 19.1. The molecule has 2 fully saturated rings. The van der Waals surface area contributed by atoms with Crippen LogP contribution in [0.5, 0.6) is 5.75 Å². The van der Waals surface area contributed by atoms with Crippen molar-refractivity contribution in [3.05, 3.63) is 65.4 Å². The highest BCUT2D eigenvalue weighted by Gasteiger charge is 2.45. The number of ether oxygens (including phenoxy) is 2. The summed E-state index contributed by atoms with van der Waals surface area (Å²) in [6.07, 6.45) is 2.13. The molecule has 2 aliphatic rings. The van der Waals surface area contributed by atoms with Gasteiger partial charge in [-0.2, -0.15) is 0 Å². The number of nitrogens with one attached hydrogen (secondary N) is 1. The van der Waals surface area contributed by atoms with Gasteiger partial charge in [-0.1, -0.05) is 6.07 Å². The van der Waals surface area contributed by atoms with Gasteiger partial charge in [0.2, 0.25) is 0 Å². The Morgan fingerprint density at radius 1 is 1.23 bits per heavy atom. The monoisotopic (exact) mass is 426 g/mol. The highest BCUT2D eigenvalue weighted by Crippen LogP contribution is 2.37. The fraction of sp³-hybridized carbons (Fsp3) is 0.375. The molecular weight excluding hydrogens is 402 g/mol. The molecule has 0 bridgehead atoms. The molecule has 3 aromatic rings. The van der Waals surface area contributed by atoms with Crippen molar-refractivity contribution >= 4 is 16.8 Å². The van der Waals surface area contributed by atoms with E-state index in [1.807, 2.05) is 11.8 Å². The second kappa shape index (κ2) is 7.64. The number of aromatic amines is 1. The number of piperidine rings is 1. The number of hydrogen-bond donors (Lipinski definition) is 1. The van der Waals surface area contributed by atoms with Gasteiger partial charge in [0.1, 0.15) is 29.2 Å². The number of amides is 1. The minimum absolute atomic E-state index is 0.105. The molecule has 5 nitrogen and oxygen atoms in total. The molecule has 2 aromatic carbocycles. The second-order valence-corrected chi connectivity index (χ2v) is 8.54. The maximum absolute atomic E-state index is 13.6. The van der Waals surface area contributed by atoms with Crippen LogP contribution in [0.15, 0.2) is 42.5 Å². The van der Waals surface area contributed by atoms with Gasteiger partial charge in [-0.15, -0.1) is 0 Å². The number of hydrogen-bond acceptors (Lipinski definition) is 3. The van der Waals surface area contributed by atoms with Gasteiger partial charge in [0.15, 0.2) is 0 Å². The summed E-state index contributed by atoms with van der Waals surface area (Å²) in [5.41, 5.74) is 1.52. The molecule has 7 heteroatoms. The number of likely N-dealkylation sites (tertiary alicyclic amines) is 1. The summed E-state index contributed by atoms with van der Waals surface area (Å²) < 4.78 is 39.2. The molecule has 1 amide bonds. The molecule has 2 saturated heterocycles. The Kier molecular flexibility index (Phi) is 4.93. The number of nitrogens with zero attached hydrogens (tertiary/aromatic N) is 1. The first-order chi connectivity index (χ1) is 14.9. The largest absolute Gasteiger partial charge is 0.488 e. The summed E-state index contributed by atoms with van der Waals surface area (Å²) in [6, 6.07) is 10.6. The lowest BCUT2D eigenvalue weighted by atomic mass is 9.89. The smallest absolute Gasteiger partial charge is 0.270 e. The van der Waals surface area contributed by atoms with Crippen LogP contribution in [0.25, 0.3) is 10.9 Å². The molecule has 0 aliphatic carbocycles. The fourth-order valence-electron chi connectivity index (χ4n) is 4.84. The van der Waals surface area contributed by atoms with Crippen LogP contribution in [0.2, 0.25) is 0 Å². The third-order valence-corrected chi connectivity index (χ3v) is 6.33. The SMILES string of the molecule is Cc1c(C(=O)N2CCC[C@@]3(C[C@@H](Oc4cccc(F)c4)CO3)C2)[nH]c2ccc(F)cc12. The number of benzene rings is 2. The van der Waals surface area contributed by atoms with Crippen LogP contribution in [0, 0.1) is 18.6 Å². The average Bonchev–Trinajstić information content (AvgIpc) is 3.28. The van der Waals surface area contributed by atoms with Crippen molar-refractivity contribution in [2.45, 2.75) is 37.9 Å². The molecule has 5 rings (SSSR count). The van der Waals surface area contributed by atoms with Crippen LogP contribution in [-0.2, 0) is 4.74 Å². The summed E-state index contributed by atoms with van der Waals surface area (Å²) in [5, 5.41) is 0.718. The van der Waals surface area contributed by atoms with Crippen LogP contribution < -0.4 is 4.74 Å². The summed E-state index contributed by atoms with van der Waals surface area (Å²) in [7, 11) is 0. The Bertz CT molecular complexity index is 1150. The average molecular weight is 426 g/mol. The Labute approximate surface area is 178 Å². The van der Waals surface area contributed by atoms with Crippen LogP contribution >= 0.6 is 0 Å². The molecule has 2 aliphatic heterocycles. The standard InChI is InChI=1S/C24H24F2N2O3/c1-15-20-11-17(26)6-7-21(20)27-22(15)23(29)28-9-3-8-24(14-28)12-19(13-30-24)31-18-5-2-4-16(25)10-18/h2,4-7,10-11,19,27H,3,8-9,12-14H2,1H3/t19-,24-/m1/s1. The predicted molar refractivity (Wildman–Crippen MR) is 112 cm³/mol. The van der Waals surface area contributed by atoms with Crippen LogP contribution in [-0.4, -0.2) is 47.2 Å². The van der Waals surface area contributed by atoms with E-state index in [2.05, 4.69) is 4.98 Å². The van der Waals surface area contributed by atoms with Gasteiger partial charge in [0.25, 0.3) is 5.91 Å². The van der Waals surface area contributed by atoms with E-state index in [0.29, 0.717) is 37.6 Å². The summed E-state index contributed by atoms with van der Waals surface area (Å²) >= 11 is 0. The minimum atomic E-state index is -0.460. The van der Waals surface area contributed by atoms with E-state index < -0.39 is 5.60 Å². The van der Waals surface area contributed by atoms with Crippen molar-refractivity contribution in [3.63, 3.8) is 0 Å². The number of carbonyl (C=O) groups excluding carboxylic acids is 1. The highest BCUT2D eigenvalue weighted by molar-refractivity contribution is 6.01. The quantitative estimate of drug-likeness (QED) is 0.666. The zero-order valence-electron chi connectivity index (χ0n) is 17.3. The molecule has 0 unspecified atom stereocenters. The first-order valence-electron chi connectivity index (χ1n) is 10.6. The van der Waals surface area contributed by atoms with Crippen molar-refractivity contribution in [1.29, 1.82) is 0 Å². The first-order valence-corrected chi connectivity index (χ1v) is 10.6. The molecule has 1 aromatic heterocycles. The van der Waals surface area contributed by atoms with Gasteiger partial charge in [-0.25, -0.2) is 8.78 Å².